The van der Waals surface area contributed by atoms with Crippen LogP contribution in [0.3, 0.4) is 0 Å². The van der Waals surface area contributed by atoms with E-state index in [0.717, 1.165) is 5.56 Å². The zero-order chi connectivity index (χ0) is 13.0. The fourth-order valence-corrected chi connectivity index (χ4v) is 1.74. The molecule has 5 nitrogen and oxygen atoms in total. The number of hydrogen-bond donors (Lipinski definition) is 2. The Morgan fingerprint density at radius 1 is 1.56 bits per heavy atom. The summed E-state index contributed by atoms with van der Waals surface area (Å²) in [5, 5.41) is 14.4. The number of carbonyl (C=O) groups is 1. The summed E-state index contributed by atoms with van der Waals surface area (Å²) in [6, 6.07) is 7.76. The third-order valence-corrected chi connectivity index (χ3v) is 2.72. The zero-order valence-corrected chi connectivity index (χ0v) is 10.2. The maximum Gasteiger partial charge on any atom is 0.265 e. The van der Waals surface area contributed by atoms with Crippen LogP contribution in [0.1, 0.15) is 18.9 Å². The van der Waals surface area contributed by atoms with E-state index in [4.69, 9.17) is 10.00 Å². The lowest BCUT2D eigenvalue weighted by Crippen LogP contribution is -2.34. The van der Waals surface area contributed by atoms with Gasteiger partial charge in [0.25, 0.3) is 5.91 Å². The zero-order valence-electron chi connectivity index (χ0n) is 10.2. The molecule has 18 heavy (non-hydrogen) atoms. The second kappa shape index (κ2) is 5.52. The fraction of sp³-hybridized carbons (Fsp3) is 0.385. The lowest BCUT2D eigenvalue weighted by molar-refractivity contribution is -0.122. The molecule has 2 N–H and O–H groups in total. The van der Waals surface area contributed by atoms with Crippen molar-refractivity contribution >= 4 is 11.6 Å². The van der Waals surface area contributed by atoms with Crippen molar-refractivity contribution in [3.05, 3.63) is 23.8 Å². The summed E-state index contributed by atoms with van der Waals surface area (Å²) < 4.78 is 5.47. The molecule has 1 unspecified atom stereocenters. The van der Waals surface area contributed by atoms with Gasteiger partial charge in [-0.1, -0.05) is 6.07 Å². The van der Waals surface area contributed by atoms with Crippen LogP contribution in [0.25, 0.3) is 0 Å². The average Bonchev–Trinajstić information content (AvgIpc) is 2.36. The van der Waals surface area contributed by atoms with Crippen LogP contribution in [0.15, 0.2) is 18.2 Å². The second-order valence-electron chi connectivity index (χ2n) is 4.16. The fourth-order valence-electron chi connectivity index (χ4n) is 1.74. The number of nitriles is 1. The van der Waals surface area contributed by atoms with Crippen molar-refractivity contribution in [3.63, 3.8) is 0 Å². The number of ether oxygens (including phenoxy) is 1. The van der Waals surface area contributed by atoms with Gasteiger partial charge >= 0.3 is 0 Å². The Bertz CT molecular complexity index is 493. The summed E-state index contributed by atoms with van der Waals surface area (Å²) >= 11 is 0. The van der Waals surface area contributed by atoms with Gasteiger partial charge in [0.05, 0.1) is 11.8 Å². The molecule has 5 heteroatoms. The minimum absolute atomic E-state index is 0.128. The smallest absolute Gasteiger partial charge is 0.265 e. The molecule has 0 fully saturated rings. The van der Waals surface area contributed by atoms with E-state index in [2.05, 4.69) is 16.7 Å². The van der Waals surface area contributed by atoms with E-state index in [9.17, 15) is 4.79 Å². The van der Waals surface area contributed by atoms with Gasteiger partial charge in [0.1, 0.15) is 5.75 Å². The predicted molar refractivity (Wildman–Crippen MR) is 67.1 cm³/mol. The number of carbonyl (C=O) groups excluding carboxylic acids is 1. The van der Waals surface area contributed by atoms with Crippen LogP contribution in [0.5, 0.6) is 5.75 Å². The molecule has 94 valence electrons. The van der Waals surface area contributed by atoms with Crippen LogP contribution in [0.2, 0.25) is 0 Å². The number of amides is 1. The second-order valence-corrected chi connectivity index (χ2v) is 4.16. The van der Waals surface area contributed by atoms with Gasteiger partial charge in [0.15, 0.2) is 6.10 Å². The average molecular weight is 245 g/mol. The standard InChI is InChI=1S/C13H15N3O2/c1-9-13(17)16-11-7-10(3-4-12(11)18-9)8-15-6-2-5-14/h3-4,7,9,15H,2,6,8H2,1H3,(H,16,17). The van der Waals surface area contributed by atoms with E-state index in [1.54, 1.807) is 6.92 Å². The highest BCUT2D eigenvalue weighted by Crippen LogP contribution is 2.30. The first kappa shape index (κ1) is 12.4. The molecule has 0 saturated carbocycles. The summed E-state index contributed by atoms with van der Waals surface area (Å²) in [5.41, 5.74) is 1.75. The van der Waals surface area contributed by atoms with E-state index in [0.29, 0.717) is 30.9 Å². The van der Waals surface area contributed by atoms with Crippen molar-refractivity contribution in [1.29, 1.82) is 5.26 Å². The van der Waals surface area contributed by atoms with Gasteiger partial charge in [0, 0.05) is 19.5 Å². The number of anilines is 1. The molecule has 0 radical (unpaired) electrons. The van der Waals surface area contributed by atoms with E-state index >= 15 is 0 Å². The third-order valence-electron chi connectivity index (χ3n) is 2.72. The number of benzene rings is 1. The number of fused-ring (bicyclic) bond motifs is 1. The van der Waals surface area contributed by atoms with E-state index in [-0.39, 0.29) is 5.91 Å². The highest BCUT2D eigenvalue weighted by Gasteiger charge is 2.23. The lowest BCUT2D eigenvalue weighted by Gasteiger charge is -2.23. The van der Waals surface area contributed by atoms with Gasteiger partial charge in [-0.2, -0.15) is 5.26 Å². The van der Waals surface area contributed by atoms with Crippen molar-refractivity contribution in [2.45, 2.75) is 26.0 Å². The van der Waals surface area contributed by atoms with Gasteiger partial charge in [0.2, 0.25) is 0 Å². The highest BCUT2D eigenvalue weighted by molar-refractivity contribution is 5.97. The Kier molecular flexibility index (Phi) is 3.80. The molecule has 0 spiro atoms. The van der Waals surface area contributed by atoms with Crippen molar-refractivity contribution in [2.24, 2.45) is 0 Å². The molecule has 1 aliphatic heterocycles. The first-order chi connectivity index (χ1) is 8.70. The first-order valence-corrected chi connectivity index (χ1v) is 5.89. The van der Waals surface area contributed by atoms with Crippen LogP contribution < -0.4 is 15.4 Å². The van der Waals surface area contributed by atoms with Crippen molar-refractivity contribution < 1.29 is 9.53 Å². The Morgan fingerprint density at radius 3 is 3.17 bits per heavy atom. The molecule has 1 amide bonds. The molecular formula is C13H15N3O2. The molecule has 1 atom stereocenters. The van der Waals surface area contributed by atoms with E-state index in [1.165, 1.54) is 0 Å². The number of rotatable bonds is 4. The molecule has 0 aromatic heterocycles. The third kappa shape index (κ3) is 2.79. The van der Waals surface area contributed by atoms with Gasteiger partial charge in [-0.25, -0.2) is 0 Å². The number of hydrogen-bond acceptors (Lipinski definition) is 4. The SMILES string of the molecule is CC1Oc2ccc(CNCCC#N)cc2NC1=O. The summed E-state index contributed by atoms with van der Waals surface area (Å²) in [5.74, 6) is 0.569. The van der Waals surface area contributed by atoms with Gasteiger partial charge < -0.3 is 15.4 Å². The Balaban J connectivity index is 2.02. The summed E-state index contributed by atoms with van der Waals surface area (Å²) in [6.45, 7) is 3.05. The van der Waals surface area contributed by atoms with Crippen molar-refractivity contribution in [3.8, 4) is 11.8 Å². The van der Waals surface area contributed by atoms with Crippen LogP contribution in [-0.2, 0) is 11.3 Å². The molecule has 0 aliphatic carbocycles. The maximum absolute atomic E-state index is 11.5. The molecule has 0 saturated heterocycles. The Labute approximate surface area is 106 Å². The summed E-state index contributed by atoms with van der Waals surface area (Å²) in [7, 11) is 0. The van der Waals surface area contributed by atoms with Gasteiger partial charge in [-0.15, -0.1) is 0 Å². The summed E-state index contributed by atoms with van der Waals surface area (Å²) in [6.07, 6.45) is 0.0413. The highest BCUT2D eigenvalue weighted by atomic mass is 16.5. The van der Waals surface area contributed by atoms with Crippen LogP contribution in [-0.4, -0.2) is 18.6 Å². The largest absolute Gasteiger partial charge is 0.479 e. The first-order valence-electron chi connectivity index (χ1n) is 5.89. The Morgan fingerprint density at radius 2 is 2.39 bits per heavy atom. The minimum Gasteiger partial charge on any atom is -0.479 e. The number of nitrogens with one attached hydrogen (secondary N) is 2. The van der Waals surface area contributed by atoms with Gasteiger partial charge in [-0.3, -0.25) is 4.79 Å². The van der Waals surface area contributed by atoms with Crippen LogP contribution in [0.4, 0.5) is 5.69 Å². The minimum atomic E-state index is -0.447. The van der Waals surface area contributed by atoms with Crippen LogP contribution >= 0.6 is 0 Å². The molecular weight excluding hydrogens is 230 g/mol. The summed E-state index contributed by atoms with van der Waals surface area (Å²) in [4.78, 5) is 11.5. The van der Waals surface area contributed by atoms with Crippen molar-refractivity contribution in [1.82, 2.24) is 5.32 Å². The van der Waals surface area contributed by atoms with Gasteiger partial charge in [-0.05, 0) is 24.6 Å². The Hall–Kier alpha value is -2.06. The topological polar surface area (TPSA) is 74.2 Å². The molecule has 1 aromatic rings. The van der Waals surface area contributed by atoms with E-state index in [1.807, 2.05) is 18.2 Å². The molecule has 1 aromatic carbocycles. The molecule has 2 rings (SSSR count). The molecule has 0 bridgehead atoms. The number of nitrogens with zero attached hydrogens (tertiary/aromatic N) is 1. The van der Waals surface area contributed by atoms with E-state index < -0.39 is 6.10 Å². The quantitative estimate of drug-likeness (QED) is 0.786. The lowest BCUT2D eigenvalue weighted by atomic mass is 10.1. The molecule has 1 heterocycles. The maximum atomic E-state index is 11.5. The van der Waals surface area contributed by atoms with Crippen LogP contribution in [0, 0.1) is 11.3 Å². The monoisotopic (exact) mass is 245 g/mol. The molecule has 1 aliphatic rings. The normalized spacial score (nSPS) is 17.3. The predicted octanol–water partition coefficient (Wildman–Crippen LogP) is 1.41. The van der Waals surface area contributed by atoms with Crippen molar-refractivity contribution in [2.75, 3.05) is 11.9 Å².